The van der Waals surface area contributed by atoms with Crippen molar-refractivity contribution >= 4 is 50.8 Å². The molecule has 2 heterocycles. The molecule has 0 spiro atoms. The van der Waals surface area contributed by atoms with Crippen LogP contribution < -0.4 is 9.64 Å². The first-order valence-electron chi connectivity index (χ1n) is 12.0. The lowest BCUT2D eigenvalue weighted by Crippen LogP contribution is -2.29. The van der Waals surface area contributed by atoms with Gasteiger partial charge in [-0.2, -0.15) is 0 Å². The van der Waals surface area contributed by atoms with Gasteiger partial charge in [0, 0.05) is 40.2 Å². The molecule has 1 fully saturated rings. The minimum absolute atomic E-state index is 0.135. The van der Waals surface area contributed by atoms with Crippen LogP contribution in [0.5, 0.6) is 5.75 Å². The Hall–Kier alpha value is -5.44. The Kier molecular flexibility index (Phi) is 5.61. The van der Waals surface area contributed by atoms with Crippen LogP contribution in [0.1, 0.15) is 17.2 Å². The molecule has 1 aliphatic heterocycles. The van der Waals surface area contributed by atoms with E-state index in [9.17, 15) is 24.8 Å². The summed E-state index contributed by atoms with van der Waals surface area (Å²) in [5, 5.41) is 24.3. The quantitative estimate of drug-likeness (QED) is 0.0972. The number of nitro groups is 1. The number of para-hydroxylation sites is 1. The highest BCUT2D eigenvalue weighted by Crippen LogP contribution is 2.44. The zero-order chi connectivity index (χ0) is 27.3. The van der Waals surface area contributed by atoms with Gasteiger partial charge < -0.3 is 14.3 Å². The summed E-state index contributed by atoms with van der Waals surface area (Å²) in [5.74, 6) is -1.54. The predicted octanol–water partition coefficient (Wildman–Crippen LogP) is 6.13. The zero-order valence-corrected chi connectivity index (χ0v) is 20.5. The number of aliphatic hydroxyl groups is 1. The minimum Gasteiger partial charge on any atom is -0.507 e. The molecule has 9 heteroatoms. The lowest BCUT2D eigenvalue weighted by atomic mass is 9.95. The van der Waals surface area contributed by atoms with Crippen LogP contribution in [-0.2, 0) is 9.59 Å². The van der Waals surface area contributed by atoms with E-state index in [1.807, 2.05) is 30.3 Å². The Morgan fingerprint density at radius 2 is 1.62 bits per heavy atom. The van der Waals surface area contributed by atoms with Crippen molar-refractivity contribution in [3.05, 3.63) is 118 Å². The summed E-state index contributed by atoms with van der Waals surface area (Å²) in [6, 6.07) is 23.6. The Bertz CT molecular complexity index is 1820. The highest BCUT2D eigenvalue weighted by Gasteiger charge is 2.47. The maximum absolute atomic E-state index is 13.5. The van der Waals surface area contributed by atoms with Crippen LogP contribution in [0, 0.1) is 10.1 Å². The van der Waals surface area contributed by atoms with Gasteiger partial charge in [-0.1, -0.05) is 18.2 Å². The summed E-state index contributed by atoms with van der Waals surface area (Å²) in [6.45, 7) is 0. The highest BCUT2D eigenvalue weighted by molar-refractivity contribution is 6.51. The summed E-state index contributed by atoms with van der Waals surface area (Å²) in [4.78, 5) is 38.9. The van der Waals surface area contributed by atoms with Crippen molar-refractivity contribution in [1.82, 2.24) is 0 Å². The van der Waals surface area contributed by atoms with Gasteiger partial charge in [0.15, 0.2) is 0 Å². The molecule has 1 N–H and O–H groups in total. The number of Topliss-reactive ketones (excluding diaryl/α,β-unsaturated/α-hetero) is 1. The van der Waals surface area contributed by atoms with Gasteiger partial charge >= 0.3 is 0 Å². The number of furan rings is 1. The molecule has 1 aliphatic rings. The molecule has 6 rings (SSSR count). The number of carbonyl (C=O) groups is 2. The number of nitro benzene ring substituents is 1. The van der Waals surface area contributed by atoms with Gasteiger partial charge in [0.05, 0.1) is 23.6 Å². The average molecular weight is 520 g/mol. The van der Waals surface area contributed by atoms with Gasteiger partial charge in [0.2, 0.25) is 0 Å². The molecule has 1 saturated heterocycles. The summed E-state index contributed by atoms with van der Waals surface area (Å²) in [7, 11) is 1.51. The van der Waals surface area contributed by atoms with Gasteiger partial charge in [-0.25, -0.2) is 0 Å². The minimum atomic E-state index is -1.05. The molecule has 1 unspecified atom stereocenters. The predicted molar refractivity (Wildman–Crippen MR) is 145 cm³/mol. The van der Waals surface area contributed by atoms with Gasteiger partial charge in [-0.05, 0) is 60.2 Å². The molecule has 5 aromatic rings. The fourth-order valence-corrected chi connectivity index (χ4v) is 4.96. The Morgan fingerprint density at radius 3 is 2.31 bits per heavy atom. The number of ketones is 1. The van der Waals surface area contributed by atoms with Gasteiger partial charge in [-0.3, -0.25) is 24.6 Å². The summed E-state index contributed by atoms with van der Waals surface area (Å²) >= 11 is 0. The molecule has 192 valence electrons. The molecule has 1 aromatic heterocycles. The van der Waals surface area contributed by atoms with Crippen molar-refractivity contribution in [2.24, 2.45) is 0 Å². The second-order valence-electron chi connectivity index (χ2n) is 9.02. The Morgan fingerprint density at radius 1 is 0.923 bits per heavy atom. The SMILES string of the molecule is COc1ccc(/C(O)=C2/C(=O)C(=O)N(c3ccc4c(c3)oc3ccccc34)C2c2ccc([N+](=O)[O-])cc2)cc1. The second kappa shape index (κ2) is 9.14. The third kappa shape index (κ3) is 3.88. The number of fused-ring (bicyclic) bond motifs is 3. The molecular weight excluding hydrogens is 500 g/mol. The topological polar surface area (TPSA) is 123 Å². The number of carbonyl (C=O) groups excluding carboxylic acids is 2. The molecule has 4 aromatic carbocycles. The van der Waals surface area contributed by atoms with E-state index in [-0.39, 0.29) is 17.0 Å². The fourth-order valence-electron chi connectivity index (χ4n) is 4.96. The molecule has 0 saturated carbocycles. The standard InChI is InChI=1S/C30H20N2O7/c1-38-21-13-8-18(9-14-21)28(33)26-27(17-6-10-19(11-7-17)32(36)37)31(30(35)29(26)34)20-12-15-23-22-4-2-3-5-24(22)39-25(23)16-20/h2-16,27,33H,1H3/b28-26-. The smallest absolute Gasteiger partial charge is 0.300 e. The molecule has 0 aliphatic carbocycles. The largest absolute Gasteiger partial charge is 0.507 e. The number of methoxy groups -OCH3 is 1. The van der Waals surface area contributed by atoms with E-state index in [1.165, 1.54) is 36.3 Å². The van der Waals surface area contributed by atoms with Gasteiger partial charge in [-0.15, -0.1) is 0 Å². The molecule has 9 nitrogen and oxygen atoms in total. The third-order valence-electron chi connectivity index (χ3n) is 6.87. The first-order valence-corrected chi connectivity index (χ1v) is 12.0. The second-order valence-corrected chi connectivity index (χ2v) is 9.02. The van der Waals surface area contributed by atoms with Crippen molar-refractivity contribution in [2.75, 3.05) is 12.0 Å². The Balaban J connectivity index is 1.54. The number of ether oxygens (including phenoxy) is 1. The van der Waals surface area contributed by atoms with Crippen LogP contribution in [0.15, 0.2) is 101 Å². The molecule has 39 heavy (non-hydrogen) atoms. The summed E-state index contributed by atoms with van der Waals surface area (Å²) in [6.07, 6.45) is 0. The average Bonchev–Trinajstić information content (AvgIpc) is 3.46. The molecule has 0 bridgehead atoms. The number of aliphatic hydroxyl groups excluding tert-OH is 1. The maximum Gasteiger partial charge on any atom is 0.300 e. The van der Waals surface area contributed by atoms with E-state index in [2.05, 4.69) is 0 Å². The highest BCUT2D eigenvalue weighted by atomic mass is 16.6. The number of hydrogen-bond acceptors (Lipinski definition) is 7. The molecule has 1 amide bonds. The molecule has 0 radical (unpaired) electrons. The van der Waals surface area contributed by atoms with Crippen LogP contribution in [0.25, 0.3) is 27.7 Å². The summed E-state index contributed by atoms with van der Waals surface area (Å²) in [5.41, 5.74) is 2.03. The first-order chi connectivity index (χ1) is 18.9. The lowest BCUT2D eigenvalue weighted by Gasteiger charge is -2.25. The van der Waals surface area contributed by atoms with Gasteiger partial charge in [0.1, 0.15) is 22.7 Å². The molecular formula is C30H20N2O7. The van der Waals surface area contributed by atoms with Crippen LogP contribution in [0.2, 0.25) is 0 Å². The van der Waals surface area contributed by atoms with Crippen LogP contribution in [0.3, 0.4) is 0 Å². The normalized spacial score (nSPS) is 16.7. The zero-order valence-electron chi connectivity index (χ0n) is 20.5. The number of amides is 1. The van der Waals surface area contributed by atoms with E-state index in [0.29, 0.717) is 33.7 Å². The summed E-state index contributed by atoms with van der Waals surface area (Å²) < 4.78 is 11.2. The number of hydrogen-bond donors (Lipinski definition) is 1. The Labute approximate surface area is 221 Å². The van der Waals surface area contributed by atoms with E-state index in [4.69, 9.17) is 9.15 Å². The van der Waals surface area contributed by atoms with Crippen LogP contribution in [-0.4, -0.2) is 28.8 Å². The van der Waals surface area contributed by atoms with E-state index < -0.39 is 22.7 Å². The number of anilines is 1. The van der Waals surface area contributed by atoms with Gasteiger partial charge in [0.25, 0.3) is 17.4 Å². The number of benzene rings is 4. The van der Waals surface area contributed by atoms with E-state index in [1.54, 1.807) is 36.4 Å². The number of non-ortho nitro benzene ring substituents is 1. The van der Waals surface area contributed by atoms with Crippen molar-refractivity contribution in [3.8, 4) is 5.75 Å². The van der Waals surface area contributed by atoms with Crippen molar-refractivity contribution in [2.45, 2.75) is 6.04 Å². The van der Waals surface area contributed by atoms with Crippen molar-refractivity contribution in [3.63, 3.8) is 0 Å². The fraction of sp³-hybridized carbons (Fsp3) is 0.0667. The number of rotatable bonds is 5. The van der Waals surface area contributed by atoms with Crippen molar-refractivity contribution in [1.29, 1.82) is 0 Å². The first kappa shape index (κ1) is 23.9. The van der Waals surface area contributed by atoms with Crippen molar-refractivity contribution < 1.29 is 28.8 Å². The van der Waals surface area contributed by atoms with E-state index >= 15 is 0 Å². The maximum atomic E-state index is 13.5. The molecule has 1 atom stereocenters. The van der Waals surface area contributed by atoms with E-state index in [0.717, 1.165) is 10.8 Å². The lowest BCUT2D eigenvalue weighted by molar-refractivity contribution is -0.384. The monoisotopic (exact) mass is 520 g/mol. The third-order valence-corrected chi connectivity index (χ3v) is 6.87. The number of nitrogens with zero attached hydrogens (tertiary/aromatic N) is 2. The van der Waals surface area contributed by atoms with Crippen LogP contribution >= 0.6 is 0 Å². The van der Waals surface area contributed by atoms with Crippen LogP contribution in [0.4, 0.5) is 11.4 Å².